The van der Waals surface area contributed by atoms with Crippen molar-refractivity contribution in [3.05, 3.63) is 61.0 Å². The van der Waals surface area contributed by atoms with Gasteiger partial charge >= 0.3 is 0 Å². The third-order valence-electron chi connectivity index (χ3n) is 2.84. The van der Waals surface area contributed by atoms with Crippen LogP contribution < -0.4 is 10.1 Å². The lowest BCUT2D eigenvalue weighted by Gasteiger charge is -2.10. The molecule has 0 aliphatic carbocycles. The maximum atomic E-state index is 10.7. The lowest BCUT2D eigenvalue weighted by molar-refractivity contribution is -0.384. The van der Waals surface area contributed by atoms with Crippen LogP contribution in [0, 0.1) is 10.1 Å². The summed E-state index contributed by atoms with van der Waals surface area (Å²) in [6.07, 6.45) is 0. The fraction of sp³-hybridized carbons (Fsp3) is 0.143. The Bertz CT molecular complexity index is 677. The number of anilines is 1. The fourth-order valence-corrected chi connectivity index (χ4v) is 2.75. The second kappa shape index (κ2) is 6.91. The highest BCUT2D eigenvalue weighted by Crippen LogP contribution is 2.27. The van der Waals surface area contributed by atoms with Crippen LogP contribution in [0.4, 0.5) is 11.4 Å². The second-order valence-corrected chi connectivity index (χ2v) is 6.04. The van der Waals surface area contributed by atoms with Crippen LogP contribution in [0.2, 0.25) is 0 Å². The van der Waals surface area contributed by atoms with Gasteiger partial charge in [-0.15, -0.1) is 0 Å². The van der Waals surface area contributed by atoms with Crippen LogP contribution in [0.15, 0.2) is 45.3 Å². The van der Waals surface area contributed by atoms with E-state index in [1.54, 1.807) is 13.2 Å². The highest BCUT2D eigenvalue weighted by Gasteiger charge is 2.09. The lowest BCUT2D eigenvalue weighted by Crippen LogP contribution is -2.01. The van der Waals surface area contributed by atoms with Gasteiger partial charge in [0.15, 0.2) is 0 Å². The van der Waals surface area contributed by atoms with Crippen molar-refractivity contribution in [3.63, 3.8) is 0 Å². The minimum Gasteiger partial charge on any atom is -0.497 e. The number of rotatable bonds is 5. The number of non-ortho nitro benzene ring substituents is 1. The highest BCUT2D eigenvalue weighted by molar-refractivity contribution is 9.10. The molecule has 2 rings (SSSR count). The Morgan fingerprint density at radius 3 is 2.62 bits per heavy atom. The number of methoxy groups -OCH3 is 1. The van der Waals surface area contributed by atoms with E-state index in [9.17, 15) is 10.1 Å². The first-order chi connectivity index (χ1) is 9.99. The van der Waals surface area contributed by atoms with E-state index in [1.165, 1.54) is 12.1 Å². The van der Waals surface area contributed by atoms with Crippen molar-refractivity contribution >= 4 is 43.2 Å². The Morgan fingerprint density at radius 1 is 1.24 bits per heavy atom. The molecule has 2 aromatic rings. The molecule has 0 saturated heterocycles. The van der Waals surface area contributed by atoms with Gasteiger partial charge in [-0.25, -0.2) is 0 Å². The zero-order valence-corrected chi connectivity index (χ0v) is 14.3. The molecule has 0 atom stereocenters. The number of ether oxygens (including phenoxy) is 1. The molecule has 7 heteroatoms. The molecule has 0 aromatic heterocycles. The van der Waals surface area contributed by atoms with Crippen molar-refractivity contribution in [3.8, 4) is 5.75 Å². The predicted octanol–water partition coefficient (Wildman–Crippen LogP) is 4.74. The van der Waals surface area contributed by atoms with Gasteiger partial charge in [-0.05, 0) is 23.8 Å². The predicted molar refractivity (Wildman–Crippen MR) is 88.8 cm³/mol. The molecule has 2 aromatic carbocycles. The van der Waals surface area contributed by atoms with Crippen LogP contribution in [0.5, 0.6) is 5.75 Å². The standard InChI is InChI=1S/C14H12Br2N2O3/c1-21-13-5-10(15)4-11(6-13)17-8-9-2-3-12(18(19)20)7-14(9)16/h2-7,17H,8H2,1H3. The fourth-order valence-electron chi connectivity index (χ4n) is 1.77. The first kappa shape index (κ1) is 15.8. The summed E-state index contributed by atoms with van der Waals surface area (Å²) in [6.45, 7) is 0.540. The van der Waals surface area contributed by atoms with E-state index in [1.807, 2.05) is 18.2 Å². The smallest absolute Gasteiger partial charge is 0.270 e. The van der Waals surface area contributed by atoms with Crippen LogP contribution in [-0.2, 0) is 6.54 Å². The normalized spacial score (nSPS) is 10.2. The van der Waals surface area contributed by atoms with Crippen molar-refractivity contribution in [2.45, 2.75) is 6.54 Å². The average Bonchev–Trinajstić information content (AvgIpc) is 2.45. The minimum absolute atomic E-state index is 0.0646. The third kappa shape index (κ3) is 4.18. The Morgan fingerprint density at radius 2 is 2.00 bits per heavy atom. The summed E-state index contributed by atoms with van der Waals surface area (Å²) in [6, 6.07) is 10.4. The molecule has 1 N–H and O–H groups in total. The highest BCUT2D eigenvalue weighted by atomic mass is 79.9. The zero-order valence-electron chi connectivity index (χ0n) is 11.1. The Hall–Kier alpha value is -1.60. The van der Waals surface area contributed by atoms with Crippen LogP contribution in [0.1, 0.15) is 5.56 Å². The van der Waals surface area contributed by atoms with Crippen molar-refractivity contribution < 1.29 is 9.66 Å². The number of hydrogen-bond acceptors (Lipinski definition) is 4. The molecular weight excluding hydrogens is 404 g/mol. The maximum Gasteiger partial charge on any atom is 0.270 e. The molecule has 0 aliphatic heterocycles. The summed E-state index contributed by atoms with van der Waals surface area (Å²) >= 11 is 6.77. The van der Waals surface area contributed by atoms with E-state index in [-0.39, 0.29) is 5.69 Å². The average molecular weight is 416 g/mol. The molecule has 5 nitrogen and oxygen atoms in total. The van der Waals surface area contributed by atoms with E-state index in [4.69, 9.17) is 4.74 Å². The van der Waals surface area contributed by atoms with Gasteiger partial charge in [0.2, 0.25) is 0 Å². The van der Waals surface area contributed by atoms with Gasteiger partial charge in [0.05, 0.1) is 12.0 Å². The molecule has 0 aliphatic rings. The summed E-state index contributed by atoms with van der Waals surface area (Å²) in [5.74, 6) is 0.745. The summed E-state index contributed by atoms with van der Waals surface area (Å²) in [7, 11) is 1.61. The van der Waals surface area contributed by atoms with Gasteiger partial charge in [0, 0.05) is 39.4 Å². The van der Waals surface area contributed by atoms with E-state index < -0.39 is 4.92 Å². The minimum atomic E-state index is -0.416. The van der Waals surface area contributed by atoms with Crippen LogP contribution in [0.3, 0.4) is 0 Å². The topological polar surface area (TPSA) is 64.4 Å². The summed E-state index contributed by atoms with van der Waals surface area (Å²) in [4.78, 5) is 10.3. The first-order valence-electron chi connectivity index (χ1n) is 6.01. The van der Waals surface area contributed by atoms with Gasteiger partial charge in [0.1, 0.15) is 5.75 Å². The molecule has 0 amide bonds. The molecule has 0 spiro atoms. The second-order valence-electron chi connectivity index (χ2n) is 4.27. The number of nitrogens with one attached hydrogen (secondary N) is 1. The number of halogens is 2. The molecule has 0 radical (unpaired) electrons. The SMILES string of the molecule is COc1cc(Br)cc(NCc2ccc([N+](=O)[O-])cc2Br)c1. The lowest BCUT2D eigenvalue weighted by atomic mass is 10.2. The monoisotopic (exact) mass is 414 g/mol. The third-order valence-corrected chi connectivity index (χ3v) is 4.03. The molecule has 0 fully saturated rings. The number of hydrogen-bond donors (Lipinski definition) is 1. The quantitative estimate of drug-likeness (QED) is 0.565. The van der Waals surface area contributed by atoms with E-state index in [2.05, 4.69) is 37.2 Å². The van der Waals surface area contributed by atoms with Crippen LogP contribution in [-0.4, -0.2) is 12.0 Å². The Labute approximate surface area is 138 Å². The maximum absolute atomic E-state index is 10.7. The number of nitro groups is 1. The van der Waals surface area contributed by atoms with Crippen molar-refractivity contribution in [2.75, 3.05) is 12.4 Å². The van der Waals surface area contributed by atoms with E-state index in [0.717, 1.165) is 21.5 Å². The van der Waals surface area contributed by atoms with Gasteiger partial charge in [-0.2, -0.15) is 0 Å². The van der Waals surface area contributed by atoms with Gasteiger partial charge < -0.3 is 10.1 Å². The number of benzene rings is 2. The number of nitrogens with zero attached hydrogens (tertiary/aromatic N) is 1. The van der Waals surface area contributed by atoms with Crippen molar-refractivity contribution in [2.24, 2.45) is 0 Å². The molecule has 0 unspecified atom stereocenters. The molecule has 0 saturated carbocycles. The molecular formula is C14H12Br2N2O3. The Balaban J connectivity index is 2.13. The van der Waals surface area contributed by atoms with E-state index >= 15 is 0 Å². The number of nitro benzene ring substituents is 1. The summed E-state index contributed by atoms with van der Waals surface area (Å²) in [5.41, 5.74) is 1.89. The van der Waals surface area contributed by atoms with Crippen LogP contribution >= 0.6 is 31.9 Å². The summed E-state index contributed by atoms with van der Waals surface area (Å²) in [5, 5.41) is 14.0. The molecule has 21 heavy (non-hydrogen) atoms. The first-order valence-corrected chi connectivity index (χ1v) is 7.59. The van der Waals surface area contributed by atoms with Crippen molar-refractivity contribution in [1.29, 1.82) is 0 Å². The molecule has 0 heterocycles. The van der Waals surface area contributed by atoms with Crippen LogP contribution in [0.25, 0.3) is 0 Å². The zero-order chi connectivity index (χ0) is 15.4. The van der Waals surface area contributed by atoms with Gasteiger partial charge in [-0.1, -0.05) is 31.9 Å². The van der Waals surface area contributed by atoms with Gasteiger partial charge in [-0.3, -0.25) is 10.1 Å². The summed E-state index contributed by atoms with van der Waals surface area (Å²) < 4.78 is 6.81. The largest absolute Gasteiger partial charge is 0.497 e. The molecule has 0 bridgehead atoms. The van der Waals surface area contributed by atoms with E-state index in [0.29, 0.717) is 11.0 Å². The molecule has 110 valence electrons. The Kier molecular flexibility index (Phi) is 5.19. The van der Waals surface area contributed by atoms with Gasteiger partial charge in [0.25, 0.3) is 5.69 Å². The van der Waals surface area contributed by atoms with Crippen molar-refractivity contribution in [1.82, 2.24) is 0 Å².